The molecule has 0 aromatic heterocycles. The minimum Gasteiger partial charge on any atom is -0.481 e. The normalized spacial score (nSPS) is 26.7. The quantitative estimate of drug-likeness (QED) is 0.698. The summed E-state index contributed by atoms with van der Waals surface area (Å²) < 4.78 is 25.7. The standard InChI is InChI=1S/C13H22N2O5S2/c16-12(10-1-2-11(9-10)13(17)18)14-3-8-22(19,20)15-4-6-21-7-5-15/h10-11H,1-9H2,(H,14,16)(H,17,18)/t10-,11+/m0/s1. The van der Waals surface area contributed by atoms with Crippen molar-refractivity contribution in [2.45, 2.75) is 19.3 Å². The average Bonchev–Trinajstić information content (AvgIpc) is 2.98. The van der Waals surface area contributed by atoms with E-state index in [0.29, 0.717) is 32.4 Å². The van der Waals surface area contributed by atoms with Gasteiger partial charge < -0.3 is 10.4 Å². The van der Waals surface area contributed by atoms with Crippen LogP contribution in [0.1, 0.15) is 19.3 Å². The van der Waals surface area contributed by atoms with Crippen molar-refractivity contribution in [3.63, 3.8) is 0 Å². The van der Waals surface area contributed by atoms with Crippen molar-refractivity contribution in [2.75, 3.05) is 36.9 Å². The highest BCUT2D eigenvalue weighted by Crippen LogP contribution is 2.31. The molecule has 1 heterocycles. The lowest BCUT2D eigenvalue weighted by atomic mass is 10.0. The maximum Gasteiger partial charge on any atom is 0.306 e. The summed E-state index contributed by atoms with van der Waals surface area (Å²) in [6.07, 6.45) is 1.41. The lowest BCUT2D eigenvalue weighted by Gasteiger charge is -2.25. The first kappa shape index (κ1) is 17.6. The highest BCUT2D eigenvalue weighted by atomic mass is 32.2. The number of rotatable bonds is 6. The Labute approximate surface area is 134 Å². The number of carboxylic acids is 1. The molecule has 126 valence electrons. The van der Waals surface area contributed by atoms with E-state index in [0.717, 1.165) is 11.5 Å². The zero-order valence-electron chi connectivity index (χ0n) is 12.4. The first-order chi connectivity index (χ1) is 10.4. The van der Waals surface area contributed by atoms with Crippen LogP contribution in [0.25, 0.3) is 0 Å². The summed E-state index contributed by atoms with van der Waals surface area (Å²) in [4.78, 5) is 22.8. The minimum atomic E-state index is -3.32. The van der Waals surface area contributed by atoms with Crippen LogP contribution in [0.4, 0.5) is 0 Å². The first-order valence-corrected chi connectivity index (χ1v) is 10.2. The van der Waals surface area contributed by atoms with Gasteiger partial charge in [-0.05, 0) is 19.3 Å². The Morgan fingerprint density at radius 1 is 1.18 bits per heavy atom. The second-order valence-corrected chi connectivity index (χ2v) is 8.98. The molecule has 2 atom stereocenters. The summed E-state index contributed by atoms with van der Waals surface area (Å²) >= 11 is 1.74. The Bertz CT molecular complexity index is 517. The van der Waals surface area contributed by atoms with Crippen LogP contribution in [0, 0.1) is 11.8 Å². The van der Waals surface area contributed by atoms with Gasteiger partial charge in [-0.2, -0.15) is 11.8 Å². The molecule has 9 heteroatoms. The molecule has 2 rings (SSSR count). The summed E-state index contributed by atoms with van der Waals surface area (Å²) in [7, 11) is -3.32. The molecule has 2 N–H and O–H groups in total. The summed E-state index contributed by atoms with van der Waals surface area (Å²) in [6, 6.07) is 0. The monoisotopic (exact) mass is 350 g/mol. The Morgan fingerprint density at radius 3 is 2.41 bits per heavy atom. The van der Waals surface area contributed by atoms with E-state index >= 15 is 0 Å². The molecular formula is C13H22N2O5S2. The number of thioether (sulfide) groups is 1. The number of carbonyl (C=O) groups is 2. The van der Waals surface area contributed by atoms with Crippen LogP contribution < -0.4 is 5.32 Å². The van der Waals surface area contributed by atoms with Crippen molar-refractivity contribution < 1.29 is 23.1 Å². The molecule has 0 bridgehead atoms. The predicted octanol–water partition coefficient (Wildman–Crippen LogP) is -0.0179. The lowest BCUT2D eigenvalue weighted by Crippen LogP contribution is -2.42. The van der Waals surface area contributed by atoms with Crippen LogP contribution in [-0.2, 0) is 19.6 Å². The van der Waals surface area contributed by atoms with Gasteiger partial charge in [-0.15, -0.1) is 0 Å². The van der Waals surface area contributed by atoms with Gasteiger partial charge in [-0.25, -0.2) is 12.7 Å². The second-order valence-electron chi connectivity index (χ2n) is 5.66. The maximum atomic E-state index is 12.1. The zero-order chi connectivity index (χ0) is 16.2. The van der Waals surface area contributed by atoms with Gasteiger partial charge in [0, 0.05) is 37.1 Å². The lowest BCUT2D eigenvalue weighted by molar-refractivity contribution is -0.141. The number of nitrogens with one attached hydrogen (secondary N) is 1. The van der Waals surface area contributed by atoms with E-state index in [1.165, 1.54) is 4.31 Å². The van der Waals surface area contributed by atoms with Crippen LogP contribution in [0.15, 0.2) is 0 Å². The van der Waals surface area contributed by atoms with Gasteiger partial charge in [0.05, 0.1) is 11.7 Å². The largest absolute Gasteiger partial charge is 0.481 e. The molecule has 0 aromatic rings. The zero-order valence-corrected chi connectivity index (χ0v) is 14.0. The number of nitrogens with zero attached hydrogens (tertiary/aromatic N) is 1. The fourth-order valence-electron chi connectivity index (χ4n) is 2.85. The molecule has 2 fully saturated rings. The molecule has 0 spiro atoms. The average molecular weight is 350 g/mol. The summed E-state index contributed by atoms with van der Waals surface area (Å²) in [5, 5.41) is 11.6. The second kappa shape index (κ2) is 7.65. The van der Waals surface area contributed by atoms with Gasteiger partial charge in [0.25, 0.3) is 0 Å². The van der Waals surface area contributed by atoms with E-state index in [9.17, 15) is 18.0 Å². The Hall–Kier alpha value is -0.800. The smallest absolute Gasteiger partial charge is 0.306 e. The third-order valence-electron chi connectivity index (χ3n) is 4.18. The number of sulfonamides is 1. The molecule has 1 aliphatic carbocycles. The third kappa shape index (κ3) is 4.60. The fraction of sp³-hybridized carbons (Fsp3) is 0.846. The molecule has 2 aliphatic rings. The van der Waals surface area contributed by atoms with Gasteiger partial charge in [0.2, 0.25) is 15.9 Å². The molecular weight excluding hydrogens is 328 g/mol. The summed E-state index contributed by atoms with van der Waals surface area (Å²) in [5.41, 5.74) is 0. The molecule has 1 amide bonds. The van der Waals surface area contributed by atoms with Crippen LogP contribution in [0.3, 0.4) is 0 Å². The molecule has 7 nitrogen and oxygen atoms in total. The number of hydrogen-bond acceptors (Lipinski definition) is 5. The SMILES string of the molecule is O=C(O)[C@@H]1CC[C@H](C(=O)NCCS(=O)(=O)N2CCSCC2)C1. The molecule has 0 radical (unpaired) electrons. The molecule has 0 aromatic carbocycles. The van der Waals surface area contributed by atoms with E-state index in [4.69, 9.17) is 5.11 Å². The summed E-state index contributed by atoms with van der Waals surface area (Å²) in [6.45, 7) is 1.15. The van der Waals surface area contributed by atoms with Gasteiger partial charge >= 0.3 is 5.97 Å². The topological polar surface area (TPSA) is 104 Å². The predicted molar refractivity (Wildman–Crippen MR) is 84.2 cm³/mol. The van der Waals surface area contributed by atoms with Crippen LogP contribution in [-0.4, -0.2) is 66.6 Å². The van der Waals surface area contributed by atoms with Crippen LogP contribution in [0.5, 0.6) is 0 Å². The van der Waals surface area contributed by atoms with Crippen molar-refractivity contribution in [3.05, 3.63) is 0 Å². The number of carbonyl (C=O) groups excluding carboxylic acids is 1. The molecule has 1 aliphatic heterocycles. The number of aliphatic carboxylic acids is 1. The van der Waals surface area contributed by atoms with E-state index in [1.807, 2.05) is 0 Å². The van der Waals surface area contributed by atoms with E-state index in [2.05, 4.69) is 5.32 Å². The van der Waals surface area contributed by atoms with Gasteiger partial charge in [-0.3, -0.25) is 9.59 Å². The van der Waals surface area contributed by atoms with E-state index in [1.54, 1.807) is 11.8 Å². The van der Waals surface area contributed by atoms with Crippen LogP contribution >= 0.6 is 11.8 Å². The van der Waals surface area contributed by atoms with Crippen molar-refractivity contribution in [3.8, 4) is 0 Å². The molecule has 22 heavy (non-hydrogen) atoms. The van der Waals surface area contributed by atoms with Crippen molar-refractivity contribution in [1.29, 1.82) is 0 Å². The van der Waals surface area contributed by atoms with E-state index in [-0.39, 0.29) is 24.1 Å². The Kier molecular flexibility index (Phi) is 6.10. The van der Waals surface area contributed by atoms with Crippen molar-refractivity contribution in [1.82, 2.24) is 9.62 Å². The van der Waals surface area contributed by atoms with Crippen molar-refractivity contribution >= 4 is 33.7 Å². The van der Waals surface area contributed by atoms with Crippen LogP contribution in [0.2, 0.25) is 0 Å². The highest BCUT2D eigenvalue weighted by Gasteiger charge is 2.34. The fourth-order valence-corrected chi connectivity index (χ4v) is 5.34. The highest BCUT2D eigenvalue weighted by molar-refractivity contribution is 7.99. The first-order valence-electron chi connectivity index (χ1n) is 7.46. The molecule has 1 saturated carbocycles. The Morgan fingerprint density at radius 2 is 1.82 bits per heavy atom. The number of carboxylic acid groups (broad SMARTS) is 1. The maximum absolute atomic E-state index is 12.1. The minimum absolute atomic E-state index is 0.0824. The number of amides is 1. The van der Waals surface area contributed by atoms with Crippen molar-refractivity contribution in [2.24, 2.45) is 11.8 Å². The van der Waals surface area contributed by atoms with Gasteiger partial charge in [0.15, 0.2) is 0 Å². The Balaban J connectivity index is 1.74. The number of hydrogen-bond donors (Lipinski definition) is 2. The molecule has 1 saturated heterocycles. The van der Waals surface area contributed by atoms with E-state index < -0.39 is 21.9 Å². The van der Waals surface area contributed by atoms with Gasteiger partial charge in [-0.1, -0.05) is 0 Å². The molecule has 0 unspecified atom stereocenters. The third-order valence-corrected chi connectivity index (χ3v) is 6.99. The summed E-state index contributed by atoms with van der Waals surface area (Å²) in [5.74, 6) is -0.331. The van der Waals surface area contributed by atoms with Gasteiger partial charge in [0.1, 0.15) is 0 Å².